The zero-order valence-electron chi connectivity index (χ0n) is 6.57. The molecule has 0 aromatic heterocycles. The van der Waals surface area contributed by atoms with Crippen LogP contribution in [0.1, 0.15) is 0 Å². The minimum atomic E-state index is -0.201. The molecule has 0 bridgehead atoms. The Hall–Kier alpha value is -0.740. The van der Waals surface area contributed by atoms with Crippen LogP contribution in [0.2, 0.25) is 0 Å². The van der Waals surface area contributed by atoms with Crippen LogP contribution < -0.4 is 5.32 Å². The molecule has 1 rings (SSSR count). The minimum absolute atomic E-state index is 0.201. The molecule has 1 aromatic carbocycles. The first kappa shape index (κ1) is 9.35. The highest BCUT2D eigenvalue weighted by molar-refractivity contribution is 7.98. The molecule has 2 nitrogen and oxygen atoms in total. The van der Waals surface area contributed by atoms with E-state index < -0.39 is 0 Å². The zero-order valence-corrected chi connectivity index (χ0v) is 8.21. The number of hydrogen-bond donors (Lipinski definition) is 2. The Morgan fingerprint density at radius 1 is 1.58 bits per heavy atom. The van der Waals surface area contributed by atoms with E-state index in [1.54, 1.807) is 11.8 Å². The number of thiocarbonyl (C=S) groups is 1. The summed E-state index contributed by atoms with van der Waals surface area (Å²) in [6.07, 6.45) is 2.00. The highest BCUT2D eigenvalue weighted by Crippen LogP contribution is 2.18. The van der Waals surface area contributed by atoms with Gasteiger partial charge in [-0.2, -0.15) is 0 Å². The maximum absolute atomic E-state index is 8.78. The van der Waals surface area contributed by atoms with Crippen molar-refractivity contribution in [2.45, 2.75) is 4.90 Å². The third-order valence-corrected chi connectivity index (χ3v) is 2.15. The van der Waals surface area contributed by atoms with Crippen molar-refractivity contribution in [2.75, 3.05) is 11.6 Å². The van der Waals surface area contributed by atoms with E-state index in [9.17, 15) is 0 Å². The Morgan fingerprint density at radius 2 is 2.33 bits per heavy atom. The van der Waals surface area contributed by atoms with Crippen molar-refractivity contribution in [2.24, 2.45) is 0 Å². The molecule has 0 unspecified atom stereocenters. The second-order valence-electron chi connectivity index (χ2n) is 2.16. The molecule has 0 amide bonds. The van der Waals surface area contributed by atoms with Crippen LogP contribution >= 0.6 is 24.0 Å². The molecule has 0 saturated carbocycles. The third kappa shape index (κ3) is 2.71. The van der Waals surface area contributed by atoms with E-state index in [2.05, 4.69) is 17.5 Å². The lowest BCUT2D eigenvalue weighted by Crippen LogP contribution is -2.06. The Balaban J connectivity index is 2.79. The lowest BCUT2D eigenvalue weighted by molar-refractivity contribution is 0.567. The first-order valence-corrected chi connectivity index (χ1v) is 4.99. The first-order chi connectivity index (χ1) is 5.72. The number of aliphatic hydroxyl groups is 1. The minimum Gasteiger partial charge on any atom is -0.486 e. The van der Waals surface area contributed by atoms with Gasteiger partial charge in [-0.15, -0.1) is 11.8 Å². The number of benzene rings is 1. The van der Waals surface area contributed by atoms with Gasteiger partial charge in [-0.05, 0) is 36.7 Å². The Morgan fingerprint density at radius 3 is 2.92 bits per heavy atom. The molecule has 0 spiro atoms. The predicted molar refractivity (Wildman–Crippen MR) is 57.1 cm³/mol. The van der Waals surface area contributed by atoms with Crippen molar-refractivity contribution < 1.29 is 5.11 Å². The number of thioether (sulfide) groups is 1. The highest BCUT2D eigenvalue weighted by Gasteiger charge is 1.95. The molecule has 4 heteroatoms. The van der Waals surface area contributed by atoms with Gasteiger partial charge in [0.05, 0.1) is 0 Å². The molecule has 0 aliphatic rings. The fourth-order valence-corrected chi connectivity index (χ4v) is 1.40. The van der Waals surface area contributed by atoms with Crippen molar-refractivity contribution in [3.8, 4) is 0 Å². The van der Waals surface area contributed by atoms with E-state index in [4.69, 9.17) is 5.11 Å². The molecule has 0 saturated heterocycles. The van der Waals surface area contributed by atoms with Crippen molar-refractivity contribution >= 4 is 34.8 Å². The number of nitrogens with one attached hydrogen (secondary N) is 1. The monoisotopic (exact) mass is 199 g/mol. The standard InChI is InChI=1S/C8H9NOS2/c1-12-7-4-2-3-6(5-7)9-8(10)11/h2-5H,1H3,(H2,9,10,11). The molecule has 0 fully saturated rings. The third-order valence-electron chi connectivity index (χ3n) is 1.32. The van der Waals surface area contributed by atoms with Crippen LogP contribution in [0.15, 0.2) is 29.2 Å². The van der Waals surface area contributed by atoms with Crippen molar-refractivity contribution in [1.29, 1.82) is 0 Å². The molecule has 0 aliphatic heterocycles. The fraction of sp³-hybridized carbons (Fsp3) is 0.125. The maximum Gasteiger partial charge on any atom is 0.258 e. The van der Waals surface area contributed by atoms with E-state index in [0.717, 1.165) is 10.6 Å². The second kappa shape index (κ2) is 4.33. The fourth-order valence-electron chi connectivity index (χ4n) is 0.824. The van der Waals surface area contributed by atoms with E-state index >= 15 is 0 Å². The second-order valence-corrected chi connectivity index (χ2v) is 3.43. The molecular formula is C8H9NOS2. The van der Waals surface area contributed by atoms with Crippen molar-refractivity contribution in [1.82, 2.24) is 0 Å². The number of rotatable bonds is 2. The summed E-state index contributed by atoms with van der Waals surface area (Å²) >= 11 is 6.14. The lowest BCUT2D eigenvalue weighted by Gasteiger charge is -2.03. The summed E-state index contributed by atoms with van der Waals surface area (Å²) in [5.74, 6) is 0. The normalized spacial score (nSPS) is 9.42. The molecule has 0 radical (unpaired) electrons. The largest absolute Gasteiger partial charge is 0.486 e. The van der Waals surface area contributed by atoms with Gasteiger partial charge < -0.3 is 10.4 Å². The van der Waals surface area contributed by atoms with Crippen LogP contribution in [0.3, 0.4) is 0 Å². The average molecular weight is 199 g/mol. The van der Waals surface area contributed by atoms with Crippen LogP contribution in [-0.2, 0) is 0 Å². The number of aliphatic hydroxyl groups excluding tert-OH is 1. The van der Waals surface area contributed by atoms with Gasteiger partial charge in [-0.25, -0.2) is 0 Å². The number of hydrogen-bond acceptors (Lipinski definition) is 2. The van der Waals surface area contributed by atoms with Crippen molar-refractivity contribution in [3.63, 3.8) is 0 Å². The molecule has 0 heterocycles. The zero-order chi connectivity index (χ0) is 8.97. The van der Waals surface area contributed by atoms with Crippen LogP contribution in [-0.4, -0.2) is 16.5 Å². The summed E-state index contributed by atoms with van der Waals surface area (Å²) in [5.41, 5.74) is 0.814. The van der Waals surface area contributed by atoms with E-state index in [1.165, 1.54) is 0 Å². The first-order valence-electron chi connectivity index (χ1n) is 3.36. The van der Waals surface area contributed by atoms with Gasteiger partial charge in [0.1, 0.15) is 0 Å². The Bertz CT molecular complexity index is 288. The molecule has 12 heavy (non-hydrogen) atoms. The summed E-state index contributed by atoms with van der Waals surface area (Å²) in [6, 6.07) is 7.68. The summed E-state index contributed by atoms with van der Waals surface area (Å²) in [7, 11) is 0. The van der Waals surface area contributed by atoms with E-state index in [-0.39, 0.29) is 5.17 Å². The Kier molecular flexibility index (Phi) is 3.37. The topological polar surface area (TPSA) is 32.3 Å². The van der Waals surface area contributed by atoms with Crippen LogP contribution in [0.5, 0.6) is 0 Å². The van der Waals surface area contributed by atoms with Crippen LogP contribution in [0, 0.1) is 0 Å². The van der Waals surface area contributed by atoms with Gasteiger partial charge in [0.15, 0.2) is 0 Å². The maximum atomic E-state index is 8.78. The lowest BCUT2D eigenvalue weighted by atomic mass is 10.3. The molecular weight excluding hydrogens is 190 g/mol. The van der Waals surface area contributed by atoms with Crippen molar-refractivity contribution in [3.05, 3.63) is 24.3 Å². The molecule has 64 valence electrons. The highest BCUT2D eigenvalue weighted by atomic mass is 32.2. The van der Waals surface area contributed by atoms with Gasteiger partial charge in [0.2, 0.25) is 0 Å². The SMILES string of the molecule is CSc1cccc(NC(O)=S)c1. The predicted octanol–water partition coefficient (Wildman–Crippen LogP) is 2.66. The van der Waals surface area contributed by atoms with Crippen LogP contribution in [0.4, 0.5) is 5.69 Å². The molecule has 1 aromatic rings. The average Bonchev–Trinajstić information content (AvgIpc) is 2.03. The quantitative estimate of drug-likeness (QED) is 0.566. The molecule has 2 N–H and O–H groups in total. The van der Waals surface area contributed by atoms with Gasteiger partial charge in [-0.3, -0.25) is 0 Å². The number of anilines is 1. The van der Waals surface area contributed by atoms with Gasteiger partial charge in [0, 0.05) is 10.6 Å². The summed E-state index contributed by atoms with van der Waals surface area (Å²) < 4.78 is 0. The molecule has 0 atom stereocenters. The van der Waals surface area contributed by atoms with E-state index in [1.807, 2.05) is 30.5 Å². The van der Waals surface area contributed by atoms with Gasteiger partial charge in [0.25, 0.3) is 5.17 Å². The summed E-state index contributed by atoms with van der Waals surface area (Å²) in [5, 5.41) is 11.2. The van der Waals surface area contributed by atoms with Gasteiger partial charge in [-0.1, -0.05) is 6.07 Å². The summed E-state index contributed by atoms with van der Waals surface area (Å²) in [6.45, 7) is 0. The van der Waals surface area contributed by atoms with E-state index in [0.29, 0.717) is 0 Å². The Labute approximate surface area is 81.0 Å². The van der Waals surface area contributed by atoms with Gasteiger partial charge >= 0.3 is 0 Å². The smallest absolute Gasteiger partial charge is 0.258 e. The van der Waals surface area contributed by atoms with Crippen LogP contribution in [0.25, 0.3) is 0 Å². The summed E-state index contributed by atoms with van der Waals surface area (Å²) in [4.78, 5) is 1.14. The molecule has 0 aliphatic carbocycles.